The fraction of sp³-hybridized carbons (Fsp3) is 0.250. The van der Waals surface area contributed by atoms with Gasteiger partial charge in [-0.15, -0.1) is 0 Å². The lowest BCUT2D eigenvalue weighted by molar-refractivity contribution is 0.572. The van der Waals surface area contributed by atoms with E-state index in [1.54, 1.807) is 4.57 Å². The number of benzene rings is 2. The molecule has 3 aromatic rings. The van der Waals surface area contributed by atoms with Crippen LogP contribution in [0.5, 0.6) is 0 Å². The van der Waals surface area contributed by atoms with E-state index in [0.29, 0.717) is 11.4 Å². The standard InChI is InChI=1S/C24H25N3O/c1-18(2)21-23(26-16-10-5-11-17-26)25-22(19-12-6-3-7-13-19)27(24(21)28)20-14-8-4-9-15-20/h3-4,6-9,12-15H,1,5,10-11,16-17H2,2H3. The first kappa shape index (κ1) is 18.2. The van der Waals surface area contributed by atoms with Crippen molar-refractivity contribution in [3.63, 3.8) is 0 Å². The van der Waals surface area contributed by atoms with Crippen LogP contribution in [-0.2, 0) is 0 Å². The summed E-state index contributed by atoms with van der Waals surface area (Å²) < 4.78 is 1.72. The summed E-state index contributed by atoms with van der Waals surface area (Å²) in [5.74, 6) is 1.44. The zero-order valence-electron chi connectivity index (χ0n) is 16.3. The van der Waals surface area contributed by atoms with Gasteiger partial charge in [0.1, 0.15) is 11.6 Å². The first-order valence-electron chi connectivity index (χ1n) is 9.85. The van der Waals surface area contributed by atoms with Crippen LogP contribution in [0.4, 0.5) is 5.82 Å². The second-order valence-corrected chi connectivity index (χ2v) is 7.30. The zero-order chi connectivity index (χ0) is 19.5. The summed E-state index contributed by atoms with van der Waals surface area (Å²) in [7, 11) is 0. The highest BCUT2D eigenvalue weighted by Gasteiger charge is 2.24. The van der Waals surface area contributed by atoms with Gasteiger partial charge in [0, 0.05) is 18.7 Å². The minimum atomic E-state index is -0.0619. The van der Waals surface area contributed by atoms with E-state index in [-0.39, 0.29) is 5.56 Å². The van der Waals surface area contributed by atoms with Gasteiger partial charge in [0.15, 0.2) is 0 Å². The second kappa shape index (κ2) is 7.85. The Bertz CT molecular complexity index is 1030. The van der Waals surface area contributed by atoms with E-state index in [1.165, 1.54) is 6.42 Å². The maximum atomic E-state index is 13.7. The van der Waals surface area contributed by atoms with Crippen molar-refractivity contribution in [1.82, 2.24) is 9.55 Å². The molecule has 4 nitrogen and oxygen atoms in total. The molecular weight excluding hydrogens is 346 g/mol. The fourth-order valence-electron chi connectivity index (χ4n) is 3.82. The summed E-state index contributed by atoms with van der Waals surface area (Å²) in [6.45, 7) is 7.84. The number of rotatable bonds is 4. The largest absolute Gasteiger partial charge is 0.356 e. The summed E-state index contributed by atoms with van der Waals surface area (Å²) in [6, 6.07) is 19.6. The zero-order valence-corrected chi connectivity index (χ0v) is 16.3. The van der Waals surface area contributed by atoms with Gasteiger partial charge in [-0.1, -0.05) is 55.1 Å². The average molecular weight is 371 g/mol. The van der Waals surface area contributed by atoms with Crippen LogP contribution in [0, 0.1) is 0 Å². The van der Waals surface area contributed by atoms with E-state index in [4.69, 9.17) is 4.98 Å². The van der Waals surface area contributed by atoms with Crippen molar-refractivity contribution < 1.29 is 0 Å². The smallest absolute Gasteiger partial charge is 0.268 e. The van der Waals surface area contributed by atoms with Crippen LogP contribution in [0.1, 0.15) is 31.7 Å². The molecule has 0 bridgehead atoms. The molecule has 1 aromatic heterocycles. The van der Waals surface area contributed by atoms with Gasteiger partial charge in [-0.2, -0.15) is 0 Å². The summed E-state index contributed by atoms with van der Waals surface area (Å²) in [6.07, 6.45) is 3.48. The van der Waals surface area contributed by atoms with Crippen LogP contribution in [-0.4, -0.2) is 22.6 Å². The Labute approximate surface area is 165 Å². The highest BCUT2D eigenvalue weighted by molar-refractivity contribution is 5.74. The Morgan fingerprint density at radius 2 is 1.54 bits per heavy atom. The molecular formula is C24H25N3O. The van der Waals surface area contributed by atoms with Crippen LogP contribution >= 0.6 is 0 Å². The van der Waals surface area contributed by atoms with E-state index in [0.717, 1.165) is 48.6 Å². The van der Waals surface area contributed by atoms with Crippen molar-refractivity contribution in [2.45, 2.75) is 26.2 Å². The molecule has 0 N–H and O–H groups in total. The number of piperidine rings is 1. The van der Waals surface area contributed by atoms with Crippen LogP contribution < -0.4 is 10.5 Å². The predicted octanol–water partition coefficient (Wildman–Crippen LogP) is 4.92. The lowest BCUT2D eigenvalue weighted by Gasteiger charge is -2.30. The molecule has 2 heterocycles. The summed E-state index contributed by atoms with van der Waals surface area (Å²) in [4.78, 5) is 21.0. The van der Waals surface area contributed by atoms with Crippen LogP contribution in [0.2, 0.25) is 0 Å². The van der Waals surface area contributed by atoms with Crippen molar-refractivity contribution in [3.8, 4) is 17.1 Å². The molecule has 0 saturated carbocycles. The molecule has 0 amide bonds. The van der Waals surface area contributed by atoms with Gasteiger partial charge in [-0.25, -0.2) is 4.98 Å². The summed E-state index contributed by atoms with van der Waals surface area (Å²) in [5.41, 5.74) is 3.04. The molecule has 1 aliphatic rings. The normalized spacial score (nSPS) is 14.1. The number of hydrogen-bond donors (Lipinski definition) is 0. The molecule has 4 rings (SSSR count). The quantitative estimate of drug-likeness (QED) is 0.653. The SMILES string of the molecule is C=C(C)c1c(N2CCCCC2)nc(-c2ccccc2)n(-c2ccccc2)c1=O. The first-order chi connectivity index (χ1) is 13.7. The molecule has 0 aliphatic carbocycles. The van der Waals surface area contributed by atoms with E-state index >= 15 is 0 Å². The van der Waals surface area contributed by atoms with Gasteiger partial charge in [-0.3, -0.25) is 9.36 Å². The number of para-hydroxylation sites is 1. The van der Waals surface area contributed by atoms with Crippen molar-refractivity contribution in [2.75, 3.05) is 18.0 Å². The highest BCUT2D eigenvalue weighted by atomic mass is 16.1. The van der Waals surface area contributed by atoms with Crippen molar-refractivity contribution >= 4 is 11.4 Å². The van der Waals surface area contributed by atoms with Gasteiger partial charge in [0.05, 0.1) is 11.3 Å². The lowest BCUT2D eigenvalue weighted by Crippen LogP contribution is -2.35. The molecule has 0 atom stereocenters. The Morgan fingerprint density at radius 1 is 0.929 bits per heavy atom. The lowest BCUT2D eigenvalue weighted by atomic mass is 10.1. The van der Waals surface area contributed by atoms with Gasteiger partial charge >= 0.3 is 0 Å². The third kappa shape index (κ3) is 3.38. The van der Waals surface area contributed by atoms with Crippen molar-refractivity contribution in [3.05, 3.63) is 83.2 Å². The topological polar surface area (TPSA) is 38.1 Å². The molecule has 1 saturated heterocycles. The Kier molecular flexibility index (Phi) is 5.11. The van der Waals surface area contributed by atoms with Gasteiger partial charge in [0.25, 0.3) is 5.56 Å². The number of aromatic nitrogens is 2. The van der Waals surface area contributed by atoms with Gasteiger partial charge in [-0.05, 0) is 43.9 Å². The molecule has 1 aliphatic heterocycles. The van der Waals surface area contributed by atoms with E-state index in [1.807, 2.05) is 67.6 Å². The summed E-state index contributed by atoms with van der Waals surface area (Å²) in [5, 5.41) is 0. The van der Waals surface area contributed by atoms with E-state index in [9.17, 15) is 4.79 Å². The van der Waals surface area contributed by atoms with E-state index in [2.05, 4.69) is 11.5 Å². The van der Waals surface area contributed by atoms with Crippen LogP contribution in [0.3, 0.4) is 0 Å². The predicted molar refractivity (Wildman–Crippen MR) is 116 cm³/mol. The minimum Gasteiger partial charge on any atom is -0.356 e. The Balaban J connectivity index is 2.03. The number of hydrogen-bond acceptors (Lipinski definition) is 3. The minimum absolute atomic E-state index is 0.0619. The molecule has 2 aromatic carbocycles. The number of anilines is 1. The van der Waals surface area contributed by atoms with Crippen LogP contribution in [0.25, 0.3) is 22.6 Å². The van der Waals surface area contributed by atoms with Crippen molar-refractivity contribution in [1.29, 1.82) is 0 Å². The fourth-order valence-corrected chi connectivity index (χ4v) is 3.82. The Morgan fingerprint density at radius 3 is 2.14 bits per heavy atom. The number of nitrogens with zero attached hydrogens (tertiary/aromatic N) is 3. The Hall–Kier alpha value is -3.14. The molecule has 0 radical (unpaired) electrons. The molecule has 0 unspecified atom stereocenters. The maximum absolute atomic E-state index is 13.7. The summed E-state index contributed by atoms with van der Waals surface area (Å²) >= 11 is 0. The first-order valence-corrected chi connectivity index (χ1v) is 9.85. The third-order valence-electron chi connectivity index (χ3n) is 5.19. The molecule has 4 heteroatoms. The van der Waals surface area contributed by atoms with Gasteiger partial charge in [0.2, 0.25) is 0 Å². The van der Waals surface area contributed by atoms with Gasteiger partial charge < -0.3 is 4.90 Å². The van der Waals surface area contributed by atoms with Crippen molar-refractivity contribution in [2.24, 2.45) is 0 Å². The molecule has 142 valence electrons. The molecule has 28 heavy (non-hydrogen) atoms. The molecule has 0 spiro atoms. The highest BCUT2D eigenvalue weighted by Crippen LogP contribution is 2.29. The maximum Gasteiger partial charge on any atom is 0.268 e. The number of allylic oxidation sites excluding steroid dienone is 1. The third-order valence-corrected chi connectivity index (χ3v) is 5.19. The molecule has 1 fully saturated rings. The van der Waals surface area contributed by atoms with E-state index < -0.39 is 0 Å². The monoisotopic (exact) mass is 371 g/mol. The second-order valence-electron chi connectivity index (χ2n) is 7.30. The van der Waals surface area contributed by atoms with Crippen LogP contribution in [0.15, 0.2) is 72.0 Å². The average Bonchev–Trinajstić information content (AvgIpc) is 2.74.